The van der Waals surface area contributed by atoms with Gasteiger partial charge in [-0.25, -0.2) is 0 Å². The molecule has 0 radical (unpaired) electrons. The third kappa shape index (κ3) is 3.42. The van der Waals surface area contributed by atoms with E-state index < -0.39 is 0 Å². The van der Waals surface area contributed by atoms with Crippen molar-refractivity contribution in [3.63, 3.8) is 0 Å². The zero-order valence-electron chi connectivity index (χ0n) is 10.9. The zero-order valence-corrected chi connectivity index (χ0v) is 13.3. The molecule has 2 rings (SSSR count). The van der Waals surface area contributed by atoms with Gasteiger partial charge in [-0.2, -0.15) is 0 Å². The normalized spacial score (nSPS) is 10.1. The predicted octanol–water partition coefficient (Wildman–Crippen LogP) is 4.82. The minimum absolute atomic E-state index is 0.472. The molecule has 1 nitrogen and oxygen atoms in total. The first-order valence-electron chi connectivity index (χ1n) is 6.20. The first-order valence-corrected chi connectivity index (χ1v) is 7.39. The van der Waals surface area contributed by atoms with Gasteiger partial charge >= 0.3 is 0 Å². The summed E-state index contributed by atoms with van der Waals surface area (Å²) in [6, 6.07) is 15.2. The molecule has 0 unspecified atom stereocenters. The smallest absolute Gasteiger partial charge is 0.191 e. The molecule has 0 heterocycles. The van der Waals surface area contributed by atoms with Gasteiger partial charge in [-0.15, -0.1) is 0 Å². The van der Waals surface area contributed by atoms with Crippen molar-refractivity contribution in [3.05, 3.63) is 70.2 Å². The Labute approximate surface area is 134 Å². The molecule has 4 heteroatoms. The molecule has 0 spiro atoms. The van der Waals surface area contributed by atoms with Gasteiger partial charge in [-0.3, -0.25) is 0 Å². The second-order valence-corrected chi connectivity index (χ2v) is 5.32. The van der Waals surface area contributed by atoms with E-state index in [2.05, 4.69) is 0 Å². The Balaban J connectivity index is 2.39. The summed E-state index contributed by atoms with van der Waals surface area (Å²) in [7, 11) is 0. The highest BCUT2D eigenvalue weighted by molar-refractivity contribution is 7.81. The summed E-state index contributed by atoms with van der Waals surface area (Å²) in [5, 5.41) is 1.16. The lowest BCUT2D eigenvalue weighted by atomic mass is 10.00. The maximum absolute atomic E-state index is 5.90. The molecule has 0 fully saturated rings. The fourth-order valence-electron chi connectivity index (χ4n) is 1.82. The van der Waals surface area contributed by atoms with Crippen molar-refractivity contribution in [2.45, 2.75) is 6.92 Å². The molecule has 102 valence electrons. The average Bonchev–Trinajstić information content (AvgIpc) is 2.47. The fraction of sp³-hybridized carbons (Fsp3) is 0.125. The van der Waals surface area contributed by atoms with Crippen LogP contribution in [0.2, 0.25) is 5.02 Å². The first-order chi connectivity index (χ1) is 9.63. The van der Waals surface area contributed by atoms with Crippen LogP contribution in [0, 0.1) is 0 Å². The van der Waals surface area contributed by atoms with E-state index in [4.69, 9.17) is 40.8 Å². The maximum atomic E-state index is 5.90. The topological polar surface area (TPSA) is 9.23 Å². The molecule has 2 aromatic rings. The molecule has 2 aromatic carbocycles. The van der Waals surface area contributed by atoms with E-state index in [0.717, 1.165) is 21.6 Å². The van der Waals surface area contributed by atoms with Crippen LogP contribution in [0.15, 0.2) is 48.5 Å². The molecule has 0 aliphatic carbocycles. The maximum Gasteiger partial charge on any atom is 0.191 e. The number of thiocarbonyl (C=S) groups is 2. The van der Waals surface area contributed by atoms with Crippen molar-refractivity contribution in [2.24, 2.45) is 0 Å². The van der Waals surface area contributed by atoms with Crippen LogP contribution in [0.3, 0.4) is 0 Å². The van der Waals surface area contributed by atoms with E-state index in [1.165, 1.54) is 0 Å². The van der Waals surface area contributed by atoms with Crippen LogP contribution in [0.5, 0.6) is 0 Å². The second-order valence-electron chi connectivity index (χ2n) is 4.10. The number of hydrogen-bond donors (Lipinski definition) is 0. The van der Waals surface area contributed by atoms with E-state index in [1.54, 1.807) is 0 Å². The number of halogens is 1. The molecule has 0 aliphatic heterocycles. The van der Waals surface area contributed by atoms with E-state index in [0.29, 0.717) is 16.7 Å². The van der Waals surface area contributed by atoms with Crippen molar-refractivity contribution in [1.82, 2.24) is 0 Å². The molecular formula is C16H13ClOS2. The monoisotopic (exact) mass is 320 g/mol. The minimum Gasteiger partial charge on any atom is -0.483 e. The third-order valence-electron chi connectivity index (χ3n) is 2.77. The van der Waals surface area contributed by atoms with E-state index in [-0.39, 0.29) is 0 Å². The SMILES string of the molecule is CCOC(=S)c1ccccc1C(=S)c1ccc(Cl)cc1. The lowest BCUT2D eigenvalue weighted by molar-refractivity contribution is 0.337. The van der Waals surface area contributed by atoms with Crippen molar-refractivity contribution >= 4 is 46.0 Å². The first kappa shape index (κ1) is 15.1. The summed E-state index contributed by atoms with van der Waals surface area (Å²) < 4.78 is 5.42. The molecule has 20 heavy (non-hydrogen) atoms. The quantitative estimate of drug-likeness (QED) is 0.590. The summed E-state index contributed by atoms with van der Waals surface area (Å²) in [5.41, 5.74) is 2.70. The van der Waals surface area contributed by atoms with Gasteiger partial charge in [0.25, 0.3) is 0 Å². The zero-order chi connectivity index (χ0) is 14.5. The van der Waals surface area contributed by atoms with Crippen LogP contribution < -0.4 is 0 Å². The molecule has 0 saturated carbocycles. The van der Waals surface area contributed by atoms with Crippen LogP contribution in [-0.4, -0.2) is 16.5 Å². The molecular weight excluding hydrogens is 308 g/mol. The summed E-state index contributed by atoms with van der Waals surface area (Å²) in [6.07, 6.45) is 0. The van der Waals surface area contributed by atoms with Gasteiger partial charge in [0.2, 0.25) is 0 Å². The van der Waals surface area contributed by atoms with Gasteiger partial charge in [0.1, 0.15) is 0 Å². The van der Waals surface area contributed by atoms with E-state index >= 15 is 0 Å². The lowest BCUT2D eigenvalue weighted by Gasteiger charge is -2.12. The highest BCUT2D eigenvalue weighted by Crippen LogP contribution is 2.19. The number of ether oxygens (including phenoxy) is 1. The van der Waals surface area contributed by atoms with Crippen molar-refractivity contribution in [2.75, 3.05) is 6.61 Å². The van der Waals surface area contributed by atoms with E-state index in [1.807, 2.05) is 55.5 Å². The van der Waals surface area contributed by atoms with Crippen molar-refractivity contribution in [1.29, 1.82) is 0 Å². The average molecular weight is 321 g/mol. The molecule has 0 aliphatic rings. The summed E-state index contributed by atoms with van der Waals surface area (Å²) in [5.74, 6) is 0. The largest absolute Gasteiger partial charge is 0.483 e. The van der Waals surface area contributed by atoms with Gasteiger partial charge in [-0.05, 0) is 42.9 Å². The highest BCUT2D eigenvalue weighted by atomic mass is 35.5. The number of rotatable bonds is 4. The van der Waals surface area contributed by atoms with Gasteiger partial charge in [0, 0.05) is 16.1 Å². The molecule has 0 atom stereocenters. The van der Waals surface area contributed by atoms with E-state index in [9.17, 15) is 0 Å². The number of hydrogen-bond acceptors (Lipinski definition) is 3. The van der Waals surface area contributed by atoms with Crippen LogP contribution in [0.25, 0.3) is 0 Å². The van der Waals surface area contributed by atoms with Crippen LogP contribution in [0.1, 0.15) is 23.6 Å². The molecule has 0 amide bonds. The molecule has 0 aromatic heterocycles. The fourth-order valence-corrected chi connectivity index (χ4v) is 2.56. The second kappa shape index (κ2) is 6.93. The van der Waals surface area contributed by atoms with Crippen LogP contribution in [-0.2, 0) is 4.74 Å². The molecule has 0 bridgehead atoms. The Kier molecular flexibility index (Phi) is 5.24. The van der Waals surface area contributed by atoms with Gasteiger partial charge in [0.15, 0.2) is 5.05 Å². The van der Waals surface area contributed by atoms with Gasteiger partial charge in [-0.1, -0.05) is 54.2 Å². The molecule has 0 N–H and O–H groups in total. The Morgan fingerprint density at radius 3 is 2.20 bits per heavy atom. The molecule has 0 saturated heterocycles. The highest BCUT2D eigenvalue weighted by Gasteiger charge is 2.13. The Morgan fingerprint density at radius 2 is 1.60 bits per heavy atom. The van der Waals surface area contributed by atoms with Crippen molar-refractivity contribution < 1.29 is 4.74 Å². The summed E-state index contributed by atoms with van der Waals surface area (Å²) in [6.45, 7) is 2.45. The Hall–Kier alpha value is -1.29. The Morgan fingerprint density at radius 1 is 1.00 bits per heavy atom. The predicted molar refractivity (Wildman–Crippen MR) is 92.0 cm³/mol. The number of benzene rings is 2. The van der Waals surface area contributed by atoms with Crippen LogP contribution >= 0.6 is 36.0 Å². The minimum atomic E-state index is 0.472. The summed E-state index contributed by atoms with van der Waals surface area (Å²) >= 11 is 16.8. The third-order valence-corrected chi connectivity index (χ3v) is 3.82. The van der Waals surface area contributed by atoms with Crippen LogP contribution in [0.4, 0.5) is 0 Å². The lowest BCUT2D eigenvalue weighted by Crippen LogP contribution is -2.11. The van der Waals surface area contributed by atoms with Gasteiger partial charge < -0.3 is 4.74 Å². The van der Waals surface area contributed by atoms with Crippen molar-refractivity contribution in [3.8, 4) is 0 Å². The summed E-state index contributed by atoms with van der Waals surface area (Å²) in [4.78, 5) is 0.735. The standard InChI is InChI=1S/C16H13ClOS2/c1-2-18-16(20)14-6-4-3-5-13(14)15(19)11-7-9-12(17)10-8-11/h3-10H,2H2,1H3. The Bertz CT molecular complexity index is 635. The van der Waals surface area contributed by atoms with Gasteiger partial charge in [0.05, 0.1) is 11.5 Å².